The van der Waals surface area contributed by atoms with Crippen molar-refractivity contribution in [1.29, 1.82) is 0 Å². The molecule has 0 saturated heterocycles. The highest BCUT2D eigenvalue weighted by Crippen LogP contribution is 2.27. The third kappa shape index (κ3) is 2.97. The molecule has 0 amide bonds. The van der Waals surface area contributed by atoms with Gasteiger partial charge in [0.25, 0.3) is 0 Å². The number of hydrogen-bond acceptors (Lipinski definition) is 2. The van der Waals surface area contributed by atoms with Crippen LogP contribution in [0.1, 0.15) is 5.56 Å². The molecule has 0 saturated carbocycles. The van der Waals surface area contributed by atoms with Gasteiger partial charge in [0.2, 0.25) is 5.88 Å². The van der Waals surface area contributed by atoms with Crippen LogP contribution in [0, 0.1) is 11.6 Å². The molecular weight excluding hydrogens is 327 g/mol. The molecule has 94 valence electrons. The number of nitrogens with zero attached hydrogens (tertiary/aromatic N) is 1. The Balaban J connectivity index is 2.30. The van der Waals surface area contributed by atoms with E-state index in [9.17, 15) is 8.78 Å². The smallest absolute Gasteiger partial charge is 0.223 e. The topological polar surface area (TPSA) is 22.1 Å². The van der Waals surface area contributed by atoms with Gasteiger partial charge in [-0.05, 0) is 34.1 Å². The van der Waals surface area contributed by atoms with E-state index in [-0.39, 0.29) is 17.5 Å². The van der Waals surface area contributed by atoms with Crippen LogP contribution in [0.4, 0.5) is 8.78 Å². The summed E-state index contributed by atoms with van der Waals surface area (Å²) in [4.78, 5) is 4.03. The summed E-state index contributed by atoms with van der Waals surface area (Å²) in [6.07, 6.45) is 1.53. The van der Waals surface area contributed by atoms with Gasteiger partial charge in [0.15, 0.2) is 11.6 Å². The number of hydrogen-bond donors (Lipinski definition) is 0. The van der Waals surface area contributed by atoms with E-state index < -0.39 is 11.6 Å². The number of alkyl halides is 1. The predicted octanol–water partition coefficient (Wildman–Crippen LogP) is 4.65. The second-order valence-corrected chi connectivity index (χ2v) is 4.61. The van der Waals surface area contributed by atoms with Crippen LogP contribution in [-0.2, 0) is 5.88 Å². The van der Waals surface area contributed by atoms with Crippen LogP contribution < -0.4 is 4.74 Å². The van der Waals surface area contributed by atoms with E-state index in [1.165, 1.54) is 12.3 Å². The molecule has 0 aliphatic heterocycles. The summed E-state index contributed by atoms with van der Waals surface area (Å²) in [5, 5.41) is 0. The first-order valence-electron chi connectivity index (χ1n) is 4.93. The fraction of sp³-hybridized carbons (Fsp3) is 0.0833. The van der Waals surface area contributed by atoms with Gasteiger partial charge in [0.1, 0.15) is 5.75 Å². The molecule has 0 N–H and O–H groups in total. The van der Waals surface area contributed by atoms with Gasteiger partial charge in [-0.15, -0.1) is 11.6 Å². The Bertz CT molecular complexity index is 580. The van der Waals surface area contributed by atoms with Gasteiger partial charge in [0, 0.05) is 22.3 Å². The molecule has 18 heavy (non-hydrogen) atoms. The summed E-state index contributed by atoms with van der Waals surface area (Å²) in [6, 6.07) is 5.01. The minimum absolute atomic E-state index is 0.162. The molecule has 1 aromatic carbocycles. The van der Waals surface area contributed by atoms with Crippen molar-refractivity contribution in [3.63, 3.8) is 0 Å². The molecule has 6 heteroatoms. The Labute approximate surface area is 116 Å². The molecule has 0 bridgehead atoms. The van der Waals surface area contributed by atoms with Crippen molar-refractivity contribution < 1.29 is 13.5 Å². The minimum Gasteiger partial charge on any atom is -0.439 e. The summed E-state index contributed by atoms with van der Waals surface area (Å²) in [5.41, 5.74) is 0.649. The predicted molar refractivity (Wildman–Crippen MR) is 67.9 cm³/mol. The van der Waals surface area contributed by atoms with Gasteiger partial charge in [-0.25, -0.2) is 13.8 Å². The maximum absolute atomic E-state index is 13.0. The third-order valence-electron chi connectivity index (χ3n) is 2.14. The molecule has 1 heterocycles. The maximum atomic E-state index is 13.0. The number of halogens is 4. The van der Waals surface area contributed by atoms with Crippen LogP contribution in [0.5, 0.6) is 11.6 Å². The molecule has 2 rings (SSSR count). The Morgan fingerprint density at radius 3 is 2.67 bits per heavy atom. The zero-order chi connectivity index (χ0) is 13.1. The lowest BCUT2D eigenvalue weighted by Crippen LogP contribution is -1.94. The Kier molecular flexibility index (Phi) is 4.14. The van der Waals surface area contributed by atoms with Crippen LogP contribution in [0.25, 0.3) is 0 Å². The second kappa shape index (κ2) is 5.63. The van der Waals surface area contributed by atoms with Gasteiger partial charge in [-0.2, -0.15) is 0 Å². The zero-order valence-corrected chi connectivity index (χ0v) is 11.3. The lowest BCUT2D eigenvalue weighted by molar-refractivity contribution is 0.444. The molecule has 1 aromatic heterocycles. The lowest BCUT2D eigenvalue weighted by atomic mass is 10.3. The molecule has 0 unspecified atom stereocenters. The van der Waals surface area contributed by atoms with Gasteiger partial charge >= 0.3 is 0 Å². The van der Waals surface area contributed by atoms with E-state index in [2.05, 4.69) is 20.9 Å². The number of rotatable bonds is 3. The highest BCUT2D eigenvalue weighted by Gasteiger charge is 2.09. The normalized spacial score (nSPS) is 10.4. The minimum atomic E-state index is -0.975. The summed E-state index contributed by atoms with van der Waals surface area (Å²) >= 11 is 9.01. The molecule has 2 aromatic rings. The molecule has 0 fully saturated rings. The molecule has 0 radical (unpaired) electrons. The van der Waals surface area contributed by atoms with Crippen LogP contribution in [0.2, 0.25) is 0 Å². The van der Waals surface area contributed by atoms with Gasteiger partial charge in [-0.1, -0.05) is 0 Å². The van der Waals surface area contributed by atoms with Gasteiger partial charge < -0.3 is 4.74 Å². The van der Waals surface area contributed by atoms with E-state index in [0.29, 0.717) is 5.56 Å². The fourth-order valence-corrected chi connectivity index (χ4v) is 1.88. The standard InChI is InChI=1S/C12H7BrClF2NO/c13-8-3-7(5-14)12(17-6-8)18-9-1-2-10(15)11(16)4-9/h1-4,6H,5H2. The highest BCUT2D eigenvalue weighted by molar-refractivity contribution is 9.10. The number of benzene rings is 1. The Morgan fingerprint density at radius 2 is 2.00 bits per heavy atom. The molecular formula is C12H7BrClF2NO. The molecule has 0 aliphatic carbocycles. The summed E-state index contributed by atoms with van der Waals surface area (Å²) in [6.45, 7) is 0. The molecule has 0 spiro atoms. The Hall–Kier alpha value is -1.20. The van der Waals surface area contributed by atoms with Crippen molar-refractivity contribution in [1.82, 2.24) is 4.98 Å². The highest BCUT2D eigenvalue weighted by atomic mass is 79.9. The maximum Gasteiger partial charge on any atom is 0.223 e. The van der Waals surface area contributed by atoms with E-state index in [4.69, 9.17) is 16.3 Å². The van der Waals surface area contributed by atoms with E-state index >= 15 is 0 Å². The van der Waals surface area contributed by atoms with Crippen LogP contribution in [-0.4, -0.2) is 4.98 Å². The van der Waals surface area contributed by atoms with Crippen molar-refractivity contribution in [3.8, 4) is 11.6 Å². The average molecular weight is 335 g/mol. The van der Waals surface area contributed by atoms with Crippen LogP contribution in [0.3, 0.4) is 0 Å². The SMILES string of the molecule is Fc1ccc(Oc2ncc(Br)cc2CCl)cc1F. The third-order valence-corrected chi connectivity index (χ3v) is 2.86. The van der Waals surface area contributed by atoms with Gasteiger partial charge in [0.05, 0.1) is 5.88 Å². The second-order valence-electron chi connectivity index (χ2n) is 3.43. The van der Waals surface area contributed by atoms with E-state index in [1.54, 1.807) is 6.07 Å². The van der Waals surface area contributed by atoms with Crippen molar-refractivity contribution in [3.05, 3.63) is 52.1 Å². The fourth-order valence-electron chi connectivity index (χ4n) is 1.31. The zero-order valence-electron chi connectivity index (χ0n) is 8.96. The largest absolute Gasteiger partial charge is 0.439 e. The lowest BCUT2D eigenvalue weighted by Gasteiger charge is -2.08. The first-order valence-corrected chi connectivity index (χ1v) is 6.26. The quantitative estimate of drug-likeness (QED) is 0.762. The van der Waals surface area contributed by atoms with Crippen molar-refractivity contribution in [2.75, 3.05) is 0 Å². The van der Waals surface area contributed by atoms with E-state index in [0.717, 1.165) is 16.6 Å². The molecule has 2 nitrogen and oxygen atoms in total. The van der Waals surface area contributed by atoms with Crippen molar-refractivity contribution in [2.45, 2.75) is 5.88 Å². The van der Waals surface area contributed by atoms with Crippen molar-refractivity contribution in [2.24, 2.45) is 0 Å². The monoisotopic (exact) mass is 333 g/mol. The van der Waals surface area contributed by atoms with Gasteiger partial charge in [-0.3, -0.25) is 0 Å². The summed E-state index contributed by atoms with van der Waals surface area (Å²) in [5.74, 6) is -1.28. The van der Waals surface area contributed by atoms with Crippen LogP contribution in [0.15, 0.2) is 34.9 Å². The summed E-state index contributed by atoms with van der Waals surface area (Å²) < 4.78 is 31.9. The number of pyridine rings is 1. The molecule has 0 atom stereocenters. The number of aromatic nitrogens is 1. The van der Waals surface area contributed by atoms with Crippen LogP contribution >= 0.6 is 27.5 Å². The summed E-state index contributed by atoms with van der Waals surface area (Å²) in [7, 11) is 0. The van der Waals surface area contributed by atoms with E-state index in [1.807, 2.05) is 0 Å². The average Bonchev–Trinajstić information content (AvgIpc) is 2.36. The Morgan fingerprint density at radius 1 is 1.22 bits per heavy atom. The van der Waals surface area contributed by atoms with Crippen molar-refractivity contribution >= 4 is 27.5 Å². The first kappa shape index (κ1) is 13.2. The molecule has 0 aliphatic rings. The number of ether oxygens (including phenoxy) is 1. The first-order chi connectivity index (χ1) is 8.60.